The van der Waals surface area contributed by atoms with Crippen LogP contribution in [0.2, 0.25) is 0 Å². The fraction of sp³-hybridized carbons (Fsp3) is 0.941. The van der Waals surface area contributed by atoms with Crippen LogP contribution >= 0.6 is 0 Å². The zero-order chi connectivity index (χ0) is 17.2. The van der Waals surface area contributed by atoms with E-state index in [1.807, 2.05) is 4.90 Å². The molecule has 2 aliphatic heterocycles. The van der Waals surface area contributed by atoms with Crippen LogP contribution in [0, 0.1) is 5.92 Å². The highest BCUT2D eigenvalue weighted by Crippen LogP contribution is 2.31. The summed E-state index contributed by atoms with van der Waals surface area (Å²) < 4.78 is 29.6. The summed E-state index contributed by atoms with van der Waals surface area (Å²) in [4.78, 5) is 17.2. The zero-order valence-corrected chi connectivity index (χ0v) is 15.5. The Bertz CT molecular complexity index is 543. The van der Waals surface area contributed by atoms with Gasteiger partial charge in [-0.2, -0.15) is 0 Å². The normalized spacial score (nSPS) is 31.6. The van der Waals surface area contributed by atoms with Crippen LogP contribution < -0.4 is 0 Å². The molecule has 1 amide bonds. The van der Waals surface area contributed by atoms with E-state index in [4.69, 9.17) is 4.74 Å². The number of sulfone groups is 1. The first-order chi connectivity index (χ1) is 11.5. The van der Waals surface area contributed by atoms with Crippen molar-refractivity contribution in [2.24, 2.45) is 5.92 Å². The predicted molar refractivity (Wildman–Crippen MR) is 92.6 cm³/mol. The number of hydrogen-bond acceptors (Lipinski definition) is 5. The van der Waals surface area contributed by atoms with Crippen LogP contribution in [0.3, 0.4) is 0 Å². The molecule has 1 saturated carbocycles. The van der Waals surface area contributed by atoms with Crippen LogP contribution in [0.4, 0.5) is 0 Å². The molecular weight excluding hydrogens is 328 g/mol. The quantitative estimate of drug-likeness (QED) is 0.699. The molecule has 0 spiro atoms. The number of carbonyl (C=O) groups is 1. The Hall–Kier alpha value is -0.660. The first-order valence-electron chi connectivity index (χ1n) is 9.26. The van der Waals surface area contributed by atoms with E-state index in [9.17, 15) is 13.2 Å². The molecule has 2 heterocycles. The third-order valence-electron chi connectivity index (χ3n) is 5.86. The van der Waals surface area contributed by atoms with E-state index in [2.05, 4.69) is 4.90 Å². The van der Waals surface area contributed by atoms with Gasteiger partial charge in [0.15, 0.2) is 9.84 Å². The predicted octanol–water partition coefficient (Wildman–Crippen LogP) is 0.913. The Balaban J connectivity index is 1.73. The number of rotatable bonds is 4. The number of amides is 1. The molecule has 24 heavy (non-hydrogen) atoms. The van der Waals surface area contributed by atoms with E-state index in [0.29, 0.717) is 13.2 Å². The second-order valence-corrected chi connectivity index (χ2v) is 9.61. The summed E-state index contributed by atoms with van der Waals surface area (Å²) in [5.74, 6) is 0.604. The van der Waals surface area contributed by atoms with Gasteiger partial charge in [-0.15, -0.1) is 0 Å². The van der Waals surface area contributed by atoms with Gasteiger partial charge in [0.1, 0.15) is 0 Å². The van der Waals surface area contributed by atoms with Crippen molar-refractivity contribution in [3.8, 4) is 0 Å². The van der Waals surface area contributed by atoms with Crippen molar-refractivity contribution in [3.63, 3.8) is 0 Å². The van der Waals surface area contributed by atoms with Gasteiger partial charge in [-0.3, -0.25) is 9.69 Å². The van der Waals surface area contributed by atoms with Crippen LogP contribution in [0.25, 0.3) is 0 Å². The highest BCUT2D eigenvalue weighted by molar-refractivity contribution is 7.91. The zero-order valence-electron chi connectivity index (χ0n) is 14.7. The van der Waals surface area contributed by atoms with Gasteiger partial charge in [-0.25, -0.2) is 8.42 Å². The van der Waals surface area contributed by atoms with Gasteiger partial charge in [0.05, 0.1) is 24.2 Å². The molecule has 138 valence electrons. The molecule has 0 bridgehead atoms. The third-order valence-corrected chi connectivity index (χ3v) is 7.56. The Morgan fingerprint density at radius 3 is 2.38 bits per heavy atom. The molecule has 0 N–H and O–H groups in total. The van der Waals surface area contributed by atoms with Gasteiger partial charge in [0.2, 0.25) is 5.91 Å². The molecule has 0 radical (unpaired) electrons. The fourth-order valence-electron chi connectivity index (χ4n) is 4.55. The first kappa shape index (κ1) is 18.1. The number of methoxy groups -OCH3 is 1. The molecular formula is C17H30N2O4S. The molecule has 0 aromatic carbocycles. The van der Waals surface area contributed by atoms with Gasteiger partial charge in [-0.05, 0) is 12.8 Å². The lowest BCUT2D eigenvalue weighted by Crippen LogP contribution is -2.61. The minimum absolute atomic E-state index is 0.0615. The molecule has 0 aromatic rings. The average molecular weight is 359 g/mol. The number of piperazine rings is 1. The van der Waals surface area contributed by atoms with E-state index >= 15 is 0 Å². The molecule has 7 heteroatoms. The molecule has 2 saturated heterocycles. The summed E-state index contributed by atoms with van der Waals surface area (Å²) in [6.45, 7) is 2.73. The number of ether oxygens (including phenoxy) is 1. The van der Waals surface area contributed by atoms with Crippen molar-refractivity contribution in [2.75, 3.05) is 44.9 Å². The largest absolute Gasteiger partial charge is 0.383 e. The van der Waals surface area contributed by atoms with Gasteiger partial charge in [0.25, 0.3) is 0 Å². The minimum atomic E-state index is -3.07. The average Bonchev–Trinajstić information content (AvgIpc) is 2.74. The number of nitrogens with zero attached hydrogens (tertiary/aromatic N) is 2. The summed E-state index contributed by atoms with van der Waals surface area (Å²) in [6.07, 6.45) is 6.61. The lowest BCUT2D eigenvalue weighted by molar-refractivity contribution is -0.142. The van der Waals surface area contributed by atoms with Crippen molar-refractivity contribution in [3.05, 3.63) is 0 Å². The summed E-state index contributed by atoms with van der Waals surface area (Å²) in [6, 6.07) is -0.231. The second-order valence-electron chi connectivity index (χ2n) is 7.46. The molecule has 1 aliphatic carbocycles. The lowest BCUT2D eigenvalue weighted by Gasteiger charge is -2.44. The Morgan fingerprint density at radius 1 is 1.04 bits per heavy atom. The number of hydrogen-bond donors (Lipinski definition) is 0. The fourth-order valence-corrected chi connectivity index (χ4v) is 6.56. The number of carbonyl (C=O) groups excluding carboxylic acids is 1. The van der Waals surface area contributed by atoms with Crippen LogP contribution in [-0.4, -0.2) is 81.1 Å². The van der Waals surface area contributed by atoms with Crippen LogP contribution in [0.15, 0.2) is 0 Å². The van der Waals surface area contributed by atoms with Crippen LogP contribution in [-0.2, 0) is 19.4 Å². The van der Waals surface area contributed by atoms with Crippen molar-refractivity contribution in [1.82, 2.24) is 9.80 Å². The highest BCUT2D eigenvalue weighted by atomic mass is 32.2. The molecule has 3 rings (SSSR count). The maximum Gasteiger partial charge on any atom is 0.226 e. The van der Waals surface area contributed by atoms with Crippen molar-refractivity contribution >= 4 is 15.7 Å². The van der Waals surface area contributed by atoms with Crippen molar-refractivity contribution in [2.45, 2.75) is 50.6 Å². The standard InChI is InChI=1S/C17H30N2O4S/c1-23-11-10-18-8-9-19(16-13-24(21,22)12-15(16)18)17(20)14-6-4-2-3-5-7-14/h14-16H,2-13H2,1H3/t15-,16+/m0/s1. The van der Waals surface area contributed by atoms with E-state index in [0.717, 1.165) is 38.8 Å². The highest BCUT2D eigenvalue weighted by Gasteiger charge is 2.48. The van der Waals surface area contributed by atoms with E-state index in [1.54, 1.807) is 7.11 Å². The molecule has 3 aliphatic rings. The Labute approximate surface area is 145 Å². The van der Waals surface area contributed by atoms with Gasteiger partial charge >= 0.3 is 0 Å². The van der Waals surface area contributed by atoms with E-state index < -0.39 is 9.84 Å². The SMILES string of the molecule is COCCN1CCN(C(=O)C2CCCCCC2)[C@@H]2CS(=O)(=O)C[C@@H]21. The smallest absolute Gasteiger partial charge is 0.226 e. The van der Waals surface area contributed by atoms with Crippen LogP contribution in [0.1, 0.15) is 38.5 Å². The van der Waals surface area contributed by atoms with E-state index in [1.165, 1.54) is 12.8 Å². The second kappa shape index (κ2) is 7.70. The minimum Gasteiger partial charge on any atom is -0.383 e. The van der Waals surface area contributed by atoms with Crippen LogP contribution in [0.5, 0.6) is 0 Å². The summed E-state index contributed by atoms with van der Waals surface area (Å²) in [5, 5.41) is 0. The molecule has 2 atom stereocenters. The first-order valence-corrected chi connectivity index (χ1v) is 11.1. The molecule has 0 aromatic heterocycles. The van der Waals surface area contributed by atoms with E-state index in [-0.39, 0.29) is 35.4 Å². The number of fused-ring (bicyclic) bond motifs is 1. The van der Waals surface area contributed by atoms with Gasteiger partial charge in [-0.1, -0.05) is 25.7 Å². The molecule has 6 nitrogen and oxygen atoms in total. The monoisotopic (exact) mass is 358 g/mol. The topological polar surface area (TPSA) is 66.9 Å². The summed E-state index contributed by atoms with van der Waals surface area (Å²) in [7, 11) is -1.41. The van der Waals surface area contributed by atoms with Crippen molar-refractivity contribution in [1.29, 1.82) is 0 Å². The van der Waals surface area contributed by atoms with Crippen molar-refractivity contribution < 1.29 is 17.9 Å². The molecule has 3 fully saturated rings. The Morgan fingerprint density at radius 2 is 1.71 bits per heavy atom. The third kappa shape index (κ3) is 3.94. The Kier molecular flexibility index (Phi) is 5.82. The summed E-state index contributed by atoms with van der Waals surface area (Å²) in [5.41, 5.74) is 0. The van der Waals surface area contributed by atoms with Gasteiger partial charge in [0, 0.05) is 38.7 Å². The maximum atomic E-state index is 13.1. The lowest BCUT2D eigenvalue weighted by atomic mass is 9.95. The molecule has 0 unspecified atom stereocenters. The summed E-state index contributed by atoms with van der Waals surface area (Å²) >= 11 is 0. The maximum absolute atomic E-state index is 13.1. The van der Waals surface area contributed by atoms with Gasteiger partial charge < -0.3 is 9.64 Å².